The van der Waals surface area contributed by atoms with E-state index < -0.39 is 0 Å². The summed E-state index contributed by atoms with van der Waals surface area (Å²) in [7, 11) is 0. The second-order valence-corrected chi connectivity index (χ2v) is 1.08. The summed E-state index contributed by atoms with van der Waals surface area (Å²) in [5.74, 6) is 0. The van der Waals surface area contributed by atoms with Gasteiger partial charge in [-0.25, -0.2) is 0 Å². The number of rotatable bonds is 0. The van der Waals surface area contributed by atoms with E-state index in [1.54, 1.807) is 0 Å². The van der Waals surface area contributed by atoms with Gasteiger partial charge in [0.15, 0.2) is 0 Å². The van der Waals surface area contributed by atoms with E-state index in [2.05, 4.69) is 24.1 Å². The van der Waals surface area contributed by atoms with E-state index in [1.807, 2.05) is 30.3 Å². The van der Waals surface area contributed by atoms with Crippen LogP contribution in [0.15, 0.2) is 30.3 Å². The minimum absolute atomic E-state index is 0. The summed E-state index contributed by atoms with van der Waals surface area (Å²) in [6, 6.07) is 12.5. The molecule has 0 spiro atoms. The zero-order valence-corrected chi connectivity index (χ0v) is 7.35. The molecule has 0 saturated heterocycles. The molecule has 0 atom stereocenters. The average molecular weight is 151 g/mol. The van der Waals surface area contributed by atoms with Gasteiger partial charge in [-0.1, -0.05) is 0 Å². The van der Waals surface area contributed by atoms with Gasteiger partial charge >= 0.3 is 23.1 Å². The van der Waals surface area contributed by atoms with Crippen LogP contribution in [0.4, 0.5) is 0 Å². The number of hydrogen-bond acceptors (Lipinski definition) is 0. The Morgan fingerprint density at radius 2 is 1.44 bits per heavy atom. The largest absolute Gasteiger partial charge is 2.00 e. The standard InChI is InChI=1S/C6H5.CH2Cl.Mg/c1-2-4-6-5-3-1;1-2;/h1-5H;1H2;/q2*-1;+2. The van der Waals surface area contributed by atoms with Gasteiger partial charge in [-0.05, 0) is 0 Å². The molecular weight excluding hydrogens is 144 g/mol. The first-order chi connectivity index (χ1) is 4.00. The van der Waals surface area contributed by atoms with Gasteiger partial charge in [-0.15, -0.1) is 0 Å². The Balaban J connectivity index is 0. The molecule has 0 fully saturated rings. The van der Waals surface area contributed by atoms with E-state index in [0.29, 0.717) is 0 Å². The van der Waals surface area contributed by atoms with E-state index in [1.165, 1.54) is 0 Å². The van der Waals surface area contributed by atoms with Gasteiger partial charge in [-0.2, -0.15) is 36.4 Å². The van der Waals surface area contributed by atoms with Crippen molar-refractivity contribution in [2.45, 2.75) is 0 Å². The first-order valence-corrected chi connectivity index (χ1v) is 2.71. The molecule has 0 saturated carbocycles. The second-order valence-electron chi connectivity index (χ2n) is 1.08. The first kappa shape index (κ1) is 12.0. The van der Waals surface area contributed by atoms with E-state index in [9.17, 15) is 0 Å². The molecule has 0 heterocycles. The Bertz CT molecular complexity index is 80.8. The predicted octanol–water partition coefficient (Wildman–Crippen LogP) is 2.12. The summed E-state index contributed by atoms with van der Waals surface area (Å²) in [6.07, 6.45) is 2.72. The topological polar surface area (TPSA) is 0 Å². The van der Waals surface area contributed by atoms with Crippen LogP contribution < -0.4 is 0 Å². The van der Waals surface area contributed by atoms with Crippen molar-refractivity contribution in [3.05, 3.63) is 42.8 Å². The molecule has 9 heavy (non-hydrogen) atoms. The molecule has 0 aliphatic heterocycles. The molecule has 0 amide bonds. The van der Waals surface area contributed by atoms with Crippen LogP contribution in [0, 0.1) is 12.4 Å². The zero-order chi connectivity index (χ0) is 6.24. The van der Waals surface area contributed by atoms with Crippen LogP contribution in [0.2, 0.25) is 0 Å². The van der Waals surface area contributed by atoms with Gasteiger partial charge in [0.1, 0.15) is 0 Å². The van der Waals surface area contributed by atoms with Crippen LogP contribution in [0.5, 0.6) is 0 Å². The van der Waals surface area contributed by atoms with Gasteiger partial charge in [0.05, 0.1) is 0 Å². The van der Waals surface area contributed by atoms with E-state index in [-0.39, 0.29) is 23.1 Å². The Morgan fingerprint density at radius 1 is 1.00 bits per heavy atom. The number of hydrogen-bond donors (Lipinski definition) is 0. The van der Waals surface area contributed by atoms with Crippen molar-refractivity contribution in [3.8, 4) is 0 Å². The van der Waals surface area contributed by atoms with Crippen molar-refractivity contribution in [3.63, 3.8) is 0 Å². The average Bonchev–Trinajstić information content (AvgIpc) is 1.96. The SMILES string of the molecule is [CH2-]Cl.[Mg+2].[c-]1ccccc1. The summed E-state index contributed by atoms with van der Waals surface area (Å²) < 4.78 is 0. The molecule has 0 unspecified atom stereocenters. The van der Waals surface area contributed by atoms with Crippen LogP contribution in [-0.2, 0) is 0 Å². The molecule has 0 N–H and O–H groups in total. The normalized spacial score (nSPS) is 6.00. The van der Waals surface area contributed by atoms with Crippen molar-refractivity contribution in [2.24, 2.45) is 0 Å². The molecule has 0 radical (unpaired) electrons. The summed E-state index contributed by atoms with van der Waals surface area (Å²) >= 11 is 4.39. The third-order valence-electron chi connectivity index (χ3n) is 0.607. The Hall–Kier alpha value is 0.276. The summed E-state index contributed by atoms with van der Waals surface area (Å²) in [5, 5.41) is 0. The number of benzene rings is 1. The fraction of sp³-hybridized carbons (Fsp3) is 0. The Kier molecular flexibility index (Phi) is 14.8. The quantitative estimate of drug-likeness (QED) is 0.393. The molecule has 0 aliphatic carbocycles. The van der Waals surface area contributed by atoms with Gasteiger partial charge in [0.25, 0.3) is 0 Å². The van der Waals surface area contributed by atoms with Crippen LogP contribution in [0.25, 0.3) is 0 Å². The molecule has 0 nitrogen and oxygen atoms in total. The maximum atomic E-state index is 4.39. The van der Waals surface area contributed by atoms with E-state index in [0.717, 1.165) is 0 Å². The fourth-order valence-electron chi connectivity index (χ4n) is 0.342. The molecule has 44 valence electrons. The molecule has 1 rings (SSSR count). The number of halogens is 1. The Labute approximate surface area is 77.4 Å². The molecule has 0 aromatic heterocycles. The molecule has 1 aromatic rings. The summed E-state index contributed by atoms with van der Waals surface area (Å²) in [4.78, 5) is 0. The molecule has 1 aromatic carbocycles. The maximum Gasteiger partial charge on any atom is 2.00 e. The smallest absolute Gasteiger partial charge is 0.352 e. The van der Waals surface area contributed by atoms with Gasteiger partial charge in [0.2, 0.25) is 0 Å². The Morgan fingerprint density at radius 3 is 1.56 bits per heavy atom. The molecular formula is C7H7ClMg. The van der Waals surface area contributed by atoms with Gasteiger partial charge < -0.3 is 11.6 Å². The third kappa shape index (κ3) is 8.28. The van der Waals surface area contributed by atoms with E-state index in [4.69, 9.17) is 0 Å². The maximum absolute atomic E-state index is 4.39. The van der Waals surface area contributed by atoms with Crippen molar-refractivity contribution in [1.29, 1.82) is 0 Å². The van der Waals surface area contributed by atoms with Crippen molar-refractivity contribution < 1.29 is 0 Å². The van der Waals surface area contributed by atoms with Gasteiger partial charge in [0, 0.05) is 0 Å². The third-order valence-corrected chi connectivity index (χ3v) is 0.607. The van der Waals surface area contributed by atoms with Crippen molar-refractivity contribution in [1.82, 2.24) is 0 Å². The van der Waals surface area contributed by atoms with Crippen molar-refractivity contribution in [2.75, 3.05) is 0 Å². The van der Waals surface area contributed by atoms with Crippen LogP contribution in [0.1, 0.15) is 0 Å². The van der Waals surface area contributed by atoms with Gasteiger partial charge in [-0.3, -0.25) is 6.38 Å². The minimum atomic E-state index is 0. The zero-order valence-electron chi connectivity index (χ0n) is 5.18. The first-order valence-electron chi connectivity index (χ1n) is 2.18. The van der Waals surface area contributed by atoms with Crippen LogP contribution in [0.3, 0.4) is 0 Å². The van der Waals surface area contributed by atoms with Crippen LogP contribution in [-0.4, -0.2) is 23.1 Å². The summed E-state index contributed by atoms with van der Waals surface area (Å²) in [6.45, 7) is 0. The molecule has 0 bridgehead atoms. The minimum Gasteiger partial charge on any atom is -0.352 e. The van der Waals surface area contributed by atoms with E-state index >= 15 is 0 Å². The second kappa shape index (κ2) is 11.1. The molecule has 0 aliphatic rings. The van der Waals surface area contributed by atoms with Crippen molar-refractivity contribution >= 4 is 34.7 Å². The van der Waals surface area contributed by atoms with Crippen LogP contribution >= 0.6 is 11.6 Å². The molecule has 2 heteroatoms. The fourth-order valence-corrected chi connectivity index (χ4v) is 0.342. The monoisotopic (exact) mass is 150 g/mol. The predicted molar refractivity (Wildman–Crippen MR) is 42.2 cm³/mol. The summed E-state index contributed by atoms with van der Waals surface area (Å²) in [5.41, 5.74) is 0.